The number of hydrogen-bond acceptors (Lipinski definition) is 2. The standard InChI is InChI=1S/C22H17ClF4N2O2/c23-16-5-2-4-15(22(25,26)27)14(16)9-11-3-1-6-18-19(11)20(29-28-18)13-8-7-12(21(30)31)10-17(13)24/h2,4-5,7-8,10-11H,1,3,6,9H2,(H,28,29)(H,30,31). The third-order valence-corrected chi connectivity index (χ3v) is 5.97. The number of alkyl halides is 3. The van der Waals surface area contributed by atoms with Crippen LogP contribution in [0, 0.1) is 5.82 Å². The first-order chi connectivity index (χ1) is 14.7. The Labute approximate surface area is 179 Å². The average Bonchev–Trinajstić information content (AvgIpc) is 3.13. The summed E-state index contributed by atoms with van der Waals surface area (Å²) in [6, 6.07) is 7.21. The number of hydrogen-bond donors (Lipinski definition) is 2. The second kappa shape index (κ2) is 8.00. The maximum atomic E-state index is 14.7. The summed E-state index contributed by atoms with van der Waals surface area (Å²) in [4.78, 5) is 11.1. The van der Waals surface area contributed by atoms with Crippen LogP contribution >= 0.6 is 11.6 Å². The first-order valence-corrected chi connectivity index (χ1v) is 9.99. The average molecular weight is 453 g/mol. The molecule has 0 spiro atoms. The van der Waals surface area contributed by atoms with Crippen molar-refractivity contribution in [3.05, 3.63) is 75.2 Å². The summed E-state index contributed by atoms with van der Waals surface area (Å²) in [5, 5.41) is 16.2. The lowest BCUT2D eigenvalue weighted by Gasteiger charge is -2.25. The van der Waals surface area contributed by atoms with Gasteiger partial charge in [0.2, 0.25) is 0 Å². The van der Waals surface area contributed by atoms with Crippen molar-refractivity contribution in [3.8, 4) is 11.3 Å². The van der Waals surface area contributed by atoms with Crippen LogP contribution in [0.5, 0.6) is 0 Å². The molecule has 4 rings (SSSR count). The van der Waals surface area contributed by atoms with Gasteiger partial charge in [-0.2, -0.15) is 18.3 Å². The number of carbonyl (C=O) groups is 1. The smallest absolute Gasteiger partial charge is 0.416 e. The second-order valence-corrected chi connectivity index (χ2v) is 7.93. The fourth-order valence-electron chi connectivity index (χ4n) is 4.21. The van der Waals surface area contributed by atoms with Crippen molar-refractivity contribution in [2.75, 3.05) is 0 Å². The number of fused-ring (bicyclic) bond motifs is 1. The Morgan fingerprint density at radius 1 is 1.26 bits per heavy atom. The van der Waals surface area contributed by atoms with Gasteiger partial charge in [0.05, 0.1) is 16.8 Å². The summed E-state index contributed by atoms with van der Waals surface area (Å²) in [7, 11) is 0. The number of nitrogens with zero attached hydrogens (tertiary/aromatic N) is 1. The van der Waals surface area contributed by atoms with E-state index in [2.05, 4.69) is 10.2 Å². The monoisotopic (exact) mass is 452 g/mol. The van der Waals surface area contributed by atoms with Crippen LogP contribution < -0.4 is 0 Å². The van der Waals surface area contributed by atoms with E-state index in [0.29, 0.717) is 18.4 Å². The van der Waals surface area contributed by atoms with Crippen molar-refractivity contribution in [1.82, 2.24) is 10.2 Å². The van der Waals surface area contributed by atoms with E-state index in [9.17, 15) is 22.4 Å². The third-order valence-electron chi connectivity index (χ3n) is 5.62. The van der Waals surface area contributed by atoms with Gasteiger partial charge in [-0.1, -0.05) is 17.7 Å². The van der Waals surface area contributed by atoms with Gasteiger partial charge < -0.3 is 5.11 Å². The van der Waals surface area contributed by atoms with Gasteiger partial charge in [-0.15, -0.1) is 0 Å². The minimum absolute atomic E-state index is 0.00311. The Bertz CT molecular complexity index is 1160. The highest BCUT2D eigenvalue weighted by molar-refractivity contribution is 6.31. The summed E-state index contributed by atoms with van der Waals surface area (Å²) >= 11 is 6.15. The summed E-state index contributed by atoms with van der Waals surface area (Å²) in [6.45, 7) is 0. The van der Waals surface area contributed by atoms with E-state index in [1.54, 1.807) is 0 Å². The van der Waals surface area contributed by atoms with Gasteiger partial charge in [0, 0.05) is 21.8 Å². The number of aromatic carboxylic acids is 1. The van der Waals surface area contributed by atoms with Crippen molar-refractivity contribution >= 4 is 17.6 Å². The molecule has 9 heteroatoms. The molecule has 0 saturated carbocycles. The molecule has 1 unspecified atom stereocenters. The Kier molecular flexibility index (Phi) is 5.51. The molecule has 162 valence electrons. The largest absolute Gasteiger partial charge is 0.478 e. The molecule has 1 aromatic heterocycles. The molecule has 1 heterocycles. The highest BCUT2D eigenvalue weighted by Gasteiger charge is 2.36. The lowest BCUT2D eigenvalue weighted by atomic mass is 9.79. The van der Waals surface area contributed by atoms with Crippen LogP contribution in [0.25, 0.3) is 11.3 Å². The summed E-state index contributed by atoms with van der Waals surface area (Å²) in [5.74, 6) is -2.37. The number of halogens is 5. The van der Waals surface area contributed by atoms with E-state index in [-0.39, 0.29) is 39.7 Å². The number of carboxylic acid groups (broad SMARTS) is 1. The highest BCUT2D eigenvalue weighted by atomic mass is 35.5. The van der Waals surface area contributed by atoms with Crippen molar-refractivity contribution in [1.29, 1.82) is 0 Å². The number of aromatic nitrogens is 2. The number of aryl methyl sites for hydroxylation is 1. The van der Waals surface area contributed by atoms with E-state index >= 15 is 0 Å². The molecule has 0 fully saturated rings. The Balaban J connectivity index is 1.78. The van der Waals surface area contributed by atoms with Crippen molar-refractivity contribution in [2.24, 2.45) is 0 Å². The fraction of sp³-hybridized carbons (Fsp3) is 0.273. The first kappa shape index (κ1) is 21.4. The van der Waals surface area contributed by atoms with Crippen LogP contribution in [-0.2, 0) is 19.0 Å². The second-order valence-electron chi connectivity index (χ2n) is 7.52. The van der Waals surface area contributed by atoms with Gasteiger partial charge in [-0.3, -0.25) is 5.10 Å². The molecule has 3 aromatic rings. The maximum absolute atomic E-state index is 14.7. The molecular weight excluding hydrogens is 436 g/mol. The Morgan fingerprint density at radius 2 is 2.03 bits per heavy atom. The summed E-state index contributed by atoms with van der Waals surface area (Å²) < 4.78 is 55.3. The zero-order valence-electron chi connectivity index (χ0n) is 16.1. The zero-order chi connectivity index (χ0) is 22.3. The number of benzene rings is 2. The Morgan fingerprint density at radius 3 is 2.71 bits per heavy atom. The quantitative estimate of drug-likeness (QED) is 0.460. The van der Waals surface area contributed by atoms with Crippen molar-refractivity contribution < 1.29 is 27.5 Å². The molecule has 1 aliphatic carbocycles. The first-order valence-electron chi connectivity index (χ1n) is 9.61. The molecule has 0 bridgehead atoms. The number of rotatable bonds is 4. The van der Waals surface area contributed by atoms with Gasteiger partial charge in [0.15, 0.2) is 0 Å². The van der Waals surface area contributed by atoms with E-state index < -0.39 is 23.5 Å². The number of nitrogens with one attached hydrogen (secondary N) is 1. The van der Waals surface area contributed by atoms with Crippen LogP contribution in [0.2, 0.25) is 5.02 Å². The fourth-order valence-corrected chi connectivity index (χ4v) is 4.47. The maximum Gasteiger partial charge on any atom is 0.416 e. The molecular formula is C22H17ClF4N2O2. The minimum atomic E-state index is -4.55. The minimum Gasteiger partial charge on any atom is -0.478 e. The van der Waals surface area contributed by atoms with Gasteiger partial charge >= 0.3 is 12.1 Å². The molecule has 0 amide bonds. The van der Waals surface area contributed by atoms with Gasteiger partial charge in [-0.05, 0) is 67.5 Å². The van der Waals surface area contributed by atoms with Gasteiger partial charge in [0.25, 0.3) is 0 Å². The topological polar surface area (TPSA) is 66.0 Å². The van der Waals surface area contributed by atoms with Gasteiger partial charge in [0.1, 0.15) is 5.82 Å². The number of carboxylic acids is 1. The van der Waals surface area contributed by atoms with E-state index in [4.69, 9.17) is 16.7 Å². The molecule has 4 nitrogen and oxygen atoms in total. The van der Waals surface area contributed by atoms with Crippen molar-refractivity contribution in [3.63, 3.8) is 0 Å². The Hall–Kier alpha value is -2.87. The summed E-state index contributed by atoms with van der Waals surface area (Å²) in [6.07, 6.45) is -2.54. The van der Waals surface area contributed by atoms with Crippen LogP contribution in [0.4, 0.5) is 17.6 Å². The van der Waals surface area contributed by atoms with Crippen LogP contribution in [0.3, 0.4) is 0 Å². The molecule has 0 saturated heterocycles. The van der Waals surface area contributed by atoms with Crippen LogP contribution in [0.15, 0.2) is 36.4 Å². The van der Waals surface area contributed by atoms with E-state index in [0.717, 1.165) is 24.2 Å². The lowest BCUT2D eigenvalue weighted by Crippen LogP contribution is -2.16. The predicted molar refractivity (Wildman–Crippen MR) is 107 cm³/mol. The molecule has 2 N–H and O–H groups in total. The number of aromatic amines is 1. The zero-order valence-corrected chi connectivity index (χ0v) is 16.8. The highest BCUT2D eigenvalue weighted by Crippen LogP contribution is 2.43. The van der Waals surface area contributed by atoms with Gasteiger partial charge in [-0.25, -0.2) is 9.18 Å². The number of H-pyrrole nitrogens is 1. The van der Waals surface area contributed by atoms with Crippen LogP contribution in [-0.4, -0.2) is 21.3 Å². The van der Waals surface area contributed by atoms with Crippen molar-refractivity contribution in [2.45, 2.75) is 37.8 Å². The SMILES string of the molecule is O=C(O)c1ccc(-c2n[nH]c3c2C(Cc2c(Cl)cccc2C(F)(F)F)CCC3)c(F)c1. The molecule has 31 heavy (non-hydrogen) atoms. The molecule has 2 aromatic carbocycles. The summed E-state index contributed by atoms with van der Waals surface area (Å²) in [5.41, 5.74) is 0.805. The third kappa shape index (κ3) is 4.04. The molecule has 0 radical (unpaired) electrons. The van der Waals surface area contributed by atoms with E-state index in [1.165, 1.54) is 24.3 Å². The lowest BCUT2D eigenvalue weighted by molar-refractivity contribution is -0.138. The van der Waals surface area contributed by atoms with Crippen LogP contribution in [0.1, 0.15) is 51.5 Å². The molecule has 0 aliphatic heterocycles. The molecule has 1 aliphatic rings. The predicted octanol–water partition coefficient (Wildman–Crippen LogP) is 6.25. The normalized spacial score (nSPS) is 16.2. The van der Waals surface area contributed by atoms with E-state index in [1.807, 2.05) is 0 Å². The molecule has 1 atom stereocenters.